The second-order valence-electron chi connectivity index (χ2n) is 7.94. The van der Waals surface area contributed by atoms with E-state index in [-0.39, 0.29) is 30.1 Å². The highest BCUT2D eigenvalue weighted by molar-refractivity contribution is 5.99. The molecule has 0 N–H and O–H groups in total. The summed E-state index contributed by atoms with van der Waals surface area (Å²) in [7, 11) is 0. The van der Waals surface area contributed by atoms with Crippen LogP contribution in [0.1, 0.15) is 40.7 Å². The summed E-state index contributed by atoms with van der Waals surface area (Å²) in [5.74, 6) is -0.145. The molecule has 2 bridgehead atoms. The van der Waals surface area contributed by atoms with Crippen LogP contribution >= 0.6 is 0 Å². The molecule has 2 aromatic heterocycles. The molecule has 32 heavy (non-hydrogen) atoms. The quantitative estimate of drug-likeness (QED) is 0.614. The number of halogens is 3. The highest BCUT2D eigenvalue weighted by Gasteiger charge is 2.50. The van der Waals surface area contributed by atoms with Gasteiger partial charge in [0.05, 0.1) is 29.6 Å². The molecular weight excluding hydrogens is 425 g/mol. The third-order valence-corrected chi connectivity index (χ3v) is 6.01. The van der Waals surface area contributed by atoms with Gasteiger partial charge in [-0.2, -0.15) is 28.2 Å². The molecular formula is C21H19F3N6O2. The Hall–Kier alpha value is -3.50. The normalized spacial score (nSPS) is 22.4. The fourth-order valence-corrected chi connectivity index (χ4v) is 4.60. The number of hydrogen-bond acceptors (Lipinski definition) is 6. The van der Waals surface area contributed by atoms with Crippen LogP contribution in [-0.2, 0) is 6.18 Å². The number of amides is 1. The fraction of sp³-hybridized carbons (Fsp3) is 0.381. The van der Waals surface area contributed by atoms with Crippen LogP contribution in [0.5, 0.6) is 6.01 Å². The Morgan fingerprint density at radius 1 is 1.12 bits per heavy atom. The molecule has 2 aliphatic heterocycles. The third-order valence-electron chi connectivity index (χ3n) is 6.01. The first kappa shape index (κ1) is 20.4. The summed E-state index contributed by atoms with van der Waals surface area (Å²) < 4.78 is 44.0. The van der Waals surface area contributed by atoms with E-state index in [2.05, 4.69) is 20.2 Å². The zero-order valence-corrected chi connectivity index (χ0v) is 17.0. The van der Waals surface area contributed by atoms with Crippen molar-refractivity contribution >= 4 is 5.91 Å². The molecule has 0 spiro atoms. The predicted molar refractivity (Wildman–Crippen MR) is 105 cm³/mol. The van der Waals surface area contributed by atoms with Gasteiger partial charge < -0.3 is 9.64 Å². The maximum absolute atomic E-state index is 13.6. The number of ether oxygens (including phenoxy) is 1. The van der Waals surface area contributed by atoms with Gasteiger partial charge in [0.25, 0.3) is 5.91 Å². The van der Waals surface area contributed by atoms with Crippen molar-refractivity contribution in [1.29, 1.82) is 0 Å². The zero-order valence-electron chi connectivity index (χ0n) is 17.0. The van der Waals surface area contributed by atoms with E-state index in [9.17, 15) is 18.0 Å². The standard InChI is InChI=1S/C21H19F3N6O2/c1-12-3-2-4-15(18(12)30-27-7-8-28-30)19(31)29-14-5-6-16(29)17(9-14)32-20-25-10-13(11-26-20)21(22,23)24/h2-4,7-8,10-11,14,16-17H,5-6,9H2,1H3. The number of rotatable bonds is 4. The SMILES string of the molecule is Cc1cccc(C(=O)N2C3CCC2C(Oc2ncc(C(F)(F)F)cn2)C3)c1-n1nccn1. The first-order valence-electron chi connectivity index (χ1n) is 10.2. The summed E-state index contributed by atoms with van der Waals surface area (Å²) in [4.78, 5) is 24.2. The number of carbonyl (C=O) groups excluding carboxylic acids is 1. The van der Waals surface area contributed by atoms with E-state index in [1.165, 1.54) is 4.80 Å². The molecule has 8 nitrogen and oxygen atoms in total. The lowest BCUT2D eigenvalue weighted by atomic mass is 9.98. The molecule has 3 aromatic rings. The molecule has 1 amide bonds. The van der Waals surface area contributed by atoms with Crippen LogP contribution in [0.15, 0.2) is 43.0 Å². The molecule has 11 heteroatoms. The largest absolute Gasteiger partial charge is 0.458 e. The maximum Gasteiger partial charge on any atom is 0.419 e. The van der Waals surface area contributed by atoms with Crippen LogP contribution in [-0.4, -0.2) is 54.0 Å². The van der Waals surface area contributed by atoms with Gasteiger partial charge in [-0.15, -0.1) is 0 Å². The lowest BCUT2D eigenvalue weighted by Gasteiger charge is -2.25. The minimum Gasteiger partial charge on any atom is -0.458 e. The lowest BCUT2D eigenvalue weighted by molar-refractivity contribution is -0.138. The van der Waals surface area contributed by atoms with E-state index < -0.39 is 11.7 Å². The molecule has 2 saturated heterocycles. The highest BCUT2D eigenvalue weighted by atomic mass is 19.4. The number of alkyl halides is 3. The van der Waals surface area contributed by atoms with Gasteiger partial charge >= 0.3 is 12.2 Å². The highest BCUT2D eigenvalue weighted by Crippen LogP contribution is 2.41. The van der Waals surface area contributed by atoms with Crippen LogP contribution in [0.2, 0.25) is 0 Å². The number of benzene rings is 1. The Morgan fingerprint density at radius 2 is 1.84 bits per heavy atom. The van der Waals surface area contributed by atoms with Gasteiger partial charge in [0.15, 0.2) is 0 Å². The molecule has 166 valence electrons. The second kappa shape index (κ2) is 7.57. The summed E-state index contributed by atoms with van der Waals surface area (Å²) in [6.45, 7) is 1.89. The van der Waals surface area contributed by atoms with Gasteiger partial charge in [-0.05, 0) is 31.4 Å². The number of carbonyl (C=O) groups is 1. The van der Waals surface area contributed by atoms with Crippen LogP contribution < -0.4 is 4.74 Å². The average molecular weight is 444 g/mol. The molecule has 2 fully saturated rings. The van der Waals surface area contributed by atoms with E-state index in [0.29, 0.717) is 30.1 Å². The summed E-state index contributed by atoms with van der Waals surface area (Å²) in [5.41, 5.74) is 1.04. The molecule has 0 saturated carbocycles. The molecule has 0 aliphatic carbocycles. The molecule has 3 atom stereocenters. The lowest BCUT2D eigenvalue weighted by Crippen LogP contribution is -2.40. The van der Waals surface area contributed by atoms with Crippen molar-refractivity contribution < 1.29 is 22.7 Å². The number of nitrogens with zero attached hydrogens (tertiary/aromatic N) is 6. The van der Waals surface area contributed by atoms with Crippen molar-refractivity contribution in [2.24, 2.45) is 0 Å². The maximum atomic E-state index is 13.6. The zero-order chi connectivity index (χ0) is 22.5. The van der Waals surface area contributed by atoms with Crippen molar-refractivity contribution in [3.63, 3.8) is 0 Å². The molecule has 0 radical (unpaired) electrons. The molecule has 2 aliphatic rings. The summed E-state index contributed by atoms with van der Waals surface area (Å²) in [6, 6.07) is 5.10. The van der Waals surface area contributed by atoms with Crippen molar-refractivity contribution in [1.82, 2.24) is 29.9 Å². The number of fused-ring (bicyclic) bond motifs is 2. The van der Waals surface area contributed by atoms with E-state index >= 15 is 0 Å². The van der Waals surface area contributed by atoms with Gasteiger partial charge in [0.2, 0.25) is 0 Å². The van der Waals surface area contributed by atoms with Gasteiger partial charge in [0.1, 0.15) is 11.8 Å². The Labute approximate surface area is 181 Å². The monoisotopic (exact) mass is 444 g/mol. The minimum absolute atomic E-state index is 0.0223. The summed E-state index contributed by atoms with van der Waals surface area (Å²) >= 11 is 0. The first-order valence-corrected chi connectivity index (χ1v) is 10.2. The van der Waals surface area contributed by atoms with Crippen LogP contribution in [0.4, 0.5) is 13.2 Å². The van der Waals surface area contributed by atoms with Crippen LogP contribution in [0.3, 0.4) is 0 Å². The molecule has 1 aromatic carbocycles. The Morgan fingerprint density at radius 3 is 2.53 bits per heavy atom. The first-order chi connectivity index (χ1) is 15.3. The van der Waals surface area contributed by atoms with Crippen LogP contribution in [0.25, 0.3) is 5.69 Å². The summed E-state index contributed by atoms with van der Waals surface area (Å²) in [6.07, 6.45) is 1.76. The Bertz CT molecular complexity index is 1130. The smallest absolute Gasteiger partial charge is 0.419 e. The Balaban J connectivity index is 1.38. The van der Waals surface area contributed by atoms with Crippen molar-refractivity contribution in [2.45, 2.75) is 50.6 Å². The third kappa shape index (κ3) is 3.47. The van der Waals surface area contributed by atoms with Crippen LogP contribution in [0, 0.1) is 6.92 Å². The predicted octanol–water partition coefficient (Wildman–Crippen LogP) is 3.21. The van der Waals surface area contributed by atoms with E-state index in [1.807, 2.05) is 24.0 Å². The van der Waals surface area contributed by atoms with E-state index in [0.717, 1.165) is 18.4 Å². The Kier molecular flexibility index (Phi) is 4.83. The summed E-state index contributed by atoms with van der Waals surface area (Å²) in [5, 5.41) is 8.36. The average Bonchev–Trinajstić information content (AvgIpc) is 3.49. The molecule has 5 rings (SSSR count). The van der Waals surface area contributed by atoms with Crippen molar-refractivity contribution in [3.8, 4) is 11.7 Å². The molecule has 3 unspecified atom stereocenters. The van der Waals surface area contributed by atoms with E-state index in [4.69, 9.17) is 4.74 Å². The number of para-hydroxylation sites is 1. The second-order valence-corrected chi connectivity index (χ2v) is 7.94. The van der Waals surface area contributed by atoms with Crippen molar-refractivity contribution in [3.05, 3.63) is 59.7 Å². The molecule has 4 heterocycles. The topological polar surface area (TPSA) is 86.0 Å². The van der Waals surface area contributed by atoms with Gasteiger partial charge in [-0.25, -0.2) is 9.97 Å². The van der Waals surface area contributed by atoms with Gasteiger partial charge in [0, 0.05) is 24.9 Å². The van der Waals surface area contributed by atoms with E-state index in [1.54, 1.807) is 18.5 Å². The number of aromatic nitrogens is 5. The van der Waals surface area contributed by atoms with Crippen molar-refractivity contribution in [2.75, 3.05) is 0 Å². The number of aryl methyl sites for hydroxylation is 1. The number of hydrogen-bond donors (Lipinski definition) is 0. The fourth-order valence-electron chi connectivity index (χ4n) is 4.60. The minimum atomic E-state index is -4.51. The van der Waals surface area contributed by atoms with Gasteiger partial charge in [-0.3, -0.25) is 4.79 Å². The van der Waals surface area contributed by atoms with Gasteiger partial charge in [-0.1, -0.05) is 12.1 Å².